The summed E-state index contributed by atoms with van der Waals surface area (Å²) in [4.78, 5) is 11.6. The summed E-state index contributed by atoms with van der Waals surface area (Å²) < 4.78 is 25.6. The fourth-order valence-electron chi connectivity index (χ4n) is 1.57. The molecular formula is C12H15F2N3O2. The molecule has 0 aliphatic heterocycles. The van der Waals surface area contributed by atoms with Crippen molar-refractivity contribution >= 4 is 11.7 Å². The minimum Gasteiger partial charge on any atom is -0.409 e. The average molecular weight is 271 g/mol. The number of nitrogens with two attached hydrogens (primary N) is 1. The smallest absolute Gasteiger partial charge is 0.224 e. The minimum atomic E-state index is -0.991. The van der Waals surface area contributed by atoms with E-state index in [-0.39, 0.29) is 30.6 Å². The summed E-state index contributed by atoms with van der Waals surface area (Å²) in [5.41, 5.74) is 5.66. The number of amides is 1. The number of nitrogens with zero attached hydrogens (tertiary/aromatic N) is 1. The number of benzene rings is 1. The van der Waals surface area contributed by atoms with Gasteiger partial charge in [0.2, 0.25) is 5.91 Å². The Hall–Kier alpha value is -2.18. The Morgan fingerprint density at radius 3 is 2.74 bits per heavy atom. The second-order valence-electron chi connectivity index (χ2n) is 4.19. The van der Waals surface area contributed by atoms with Crippen molar-refractivity contribution in [2.24, 2.45) is 10.9 Å². The van der Waals surface area contributed by atoms with Gasteiger partial charge in [-0.1, -0.05) is 11.2 Å². The molecule has 1 unspecified atom stereocenters. The van der Waals surface area contributed by atoms with Crippen LogP contribution in [0.1, 0.15) is 18.9 Å². The minimum absolute atomic E-state index is 0.000580. The SMILES string of the molecule is CC(CC(N)=NO)NC(=O)Cc1ccc(F)c(F)c1. The lowest BCUT2D eigenvalue weighted by molar-refractivity contribution is -0.121. The summed E-state index contributed by atoms with van der Waals surface area (Å²) in [6.07, 6.45) is 0.123. The molecule has 1 atom stereocenters. The van der Waals surface area contributed by atoms with Gasteiger partial charge in [-0.2, -0.15) is 0 Å². The van der Waals surface area contributed by atoms with Gasteiger partial charge in [0.05, 0.1) is 6.42 Å². The molecular weight excluding hydrogens is 256 g/mol. The zero-order chi connectivity index (χ0) is 14.4. The fourth-order valence-corrected chi connectivity index (χ4v) is 1.57. The number of carbonyl (C=O) groups is 1. The first-order chi connectivity index (χ1) is 8.92. The predicted molar refractivity (Wildman–Crippen MR) is 65.7 cm³/mol. The van der Waals surface area contributed by atoms with Crippen molar-refractivity contribution < 1.29 is 18.8 Å². The van der Waals surface area contributed by atoms with Crippen LogP contribution in [0, 0.1) is 11.6 Å². The number of hydrogen-bond donors (Lipinski definition) is 3. The normalized spacial score (nSPS) is 13.1. The molecule has 0 saturated heterocycles. The Bertz CT molecular complexity index is 492. The first kappa shape index (κ1) is 14.9. The van der Waals surface area contributed by atoms with Crippen molar-refractivity contribution in [1.82, 2.24) is 5.32 Å². The van der Waals surface area contributed by atoms with Crippen molar-refractivity contribution in [3.05, 3.63) is 35.4 Å². The maximum Gasteiger partial charge on any atom is 0.224 e. The van der Waals surface area contributed by atoms with Crippen LogP contribution in [0.15, 0.2) is 23.4 Å². The molecule has 1 aromatic rings. The third kappa shape index (κ3) is 4.90. The molecule has 1 amide bonds. The standard InChI is InChI=1S/C12H15F2N3O2/c1-7(4-11(15)17-19)16-12(18)6-8-2-3-9(13)10(14)5-8/h2-3,5,7,19H,4,6H2,1H3,(H2,15,17)(H,16,18). The van der Waals surface area contributed by atoms with Crippen molar-refractivity contribution in [3.8, 4) is 0 Å². The molecule has 0 radical (unpaired) electrons. The molecule has 0 saturated carbocycles. The van der Waals surface area contributed by atoms with Gasteiger partial charge >= 0.3 is 0 Å². The van der Waals surface area contributed by atoms with Gasteiger partial charge in [-0.05, 0) is 24.6 Å². The molecule has 0 heterocycles. The number of hydrogen-bond acceptors (Lipinski definition) is 3. The first-order valence-electron chi connectivity index (χ1n) is 5.62. The van der Waals surface area contributed by atoms with E-state index in [2.05, 4.69) is 10.5 Å². The van der Waals surface area contributed by atoms with Crippen molar-refractivity contribution in [2.45, 2.75) is 25.8 Å². The molecule has 0 fully saturated rings. The maximum absolute atomic E-state index is 12.9. The van der Waals surface area contributed by atoms with Gasteiger partial charge in [-0.3, -0.25) is 4.79 Å². The van der Waals surface area contributed by atoms with Crippen LogP contribution in [-0.4, -0.2) is 23.0 Å². The summed E-state index contributed by atoms with van der Waals surface area (Å²) >= 11 is 0. The number of rotatable bonds is 5. The molecule has 0 spiro atoms. The predicted octanol–water partition coefficient (Wildman–Crippen LogP) is 1.15. The van der Waals surface area contributed by atoms with Crippen LogP contribution in [0.5, 0.6) is 0 Å². The highest BCUT2D eigenvalue weighted by Gasteiger charge is 2.11. The average Bonchev–Trinajstić information content (AvgIpc) is 2.33. The second-order valence-corrected chi connectivity index (χ2v) is 4.19. The van der Waals surface area contributed by atoms with Gasteiger partial charge in [-0.25, -0.2) is 8.78 Å². The molecule has 5 nitrogen and oxygen atoms in total. The summed E-state index contributed by atoms with van der Waals surface area (Å²) in [6.45, 7) is 1.68. The largest absolute Gasteiger partial charge is 0.409 e. The lowest BCUT2D eigenvalue weighted by Gasteiger charge is -2.13. The Balaban J connectivity index is 2.53. The third-order valence-corrected chi connectivity index (χ3v) is 2.40. The van der Waals surface area contributed by atoms with Crippen molar-refractivity contribution in [2.75, 3.05) is 0 Å². The van der Waals surface area contributed by atoms with Crippen LogP contribution in [0.25, 0.3) is 0 Å². The highest BCUT2D eigenvalue weighted by atomic mass is 19.2. The molecule has 104 valence electrons. The van der Waals surface area contributed by atoms with E-state index in [0.717, 1.165) is 12.1 Å². The topological polar surface area (TPSA) is 87.7 Å². The molecule has 4 N–H and O–H groups in total. The monoisotopic (exact) mass is 271 g/mol. The van der Waals surface area contributed by atoms with Gasteiger partial charge in [-0.15, -0.1) is 0 Å². The third-order valence-electron chi connectivity index (χ3n) is 2.40. The quantitative estimate of drug-likeness (QED) is 0.325. The first-order valence-corrected chi connectivity index (χ1v) is 5.62. The Kier molecular flexibility index (Phi) is 5.23. The number of oxime groups is 1. The van der Waals surface area contributed by atoms with E-state index in [1.165, 1.54) is 6.07 Å². The summed E-state index contributed by atoms with van der Waals surface area (Å²) in [7, 11) is 0. The lowest BCUT2D eigenvalue weighted by atomic mass is 10.1. The number of nitrogens with one attached hydrogen (secondary N) is 1. The van der Waals surface area contributed by atoms with E-state index < -0.39 is 11.6 Å². The Morgan fingerprint density at radius 1 is 1.47 bits per heavy atom. The van der Waals surface area contributed by atoms with Crippen LogP contribution < -0.4 is 11.1 Å². The van der Waals surface area contributed by atoms with Crippen LogP contribution in [0.4, 0.5) is 8.78 Å². The van der Waals surface area contributed by atoms with Gasteiger partial charge in [0.25, 0.3) is 0 Å². The zero-order valence-electron chi connectivity index (χ0n) is 10.4. The van der Waals surface area contributed by atoms with E-state index in [1.54, 1.807) is 6.92 Å². The highest BCUT2D eigenvalue weighted by Crippen LogP contribution is 2.09. The van der Waals surface area contributed by atoms with Gasteiger partial charge in [0.1, 0.15) is 5.84 Å². The number of amidine groups is 1. The molecule has 1 aromatic carbocycles. The second kappa shape index (κ2) is 6.67. The summed E-state index contributed by atoms with van der Waals surface area (Å²) in [5, 5.41) is 13.8. The molecule has 0 bridgehead atoms. The fraction of sp³-hybridized carbons (Fsp3) is 0.333. The van der Waals surface area contributed by atoms with Crippen LogP contribution in [0.2, 0.25) is 0 Å². The van der Waals surface area contributed by atoms with E-state index in [4.69, 9.17) is 10.9 Å². The van der Waals surface area contributed by atoms with Crippen molar-refractivity contribution in [3.63, 3.8) is 0 Å². The molecule has 0 aromatic heterocycles. The van der Waals surface area contributed by atoms with Gasteiger partial charge in [0.15, 0.2) is 11.6 Å². The van der Waals surface area contributed by atoms with E-state index in [9.17, 15) is 13.6 Å². The molecule has 0 aliphatic rings. The Labute approximate surface area is 109 Å². The lowest BCUT2D eigenvalue weighted by Crippen LogP contribution is -2.36. The van der Waals surface area contributed by atoms with Crippen LogP contribution in [0.3, 0.4) is 0 Å². The van der Waals surface area contributed by atoms with Gasteiger partial charge in [0, 0.05) is 12.5 Å². The Morgan fingerprint density at radius 2 is 2.16 bits per heavy atom. The van der Waals surface area contributed by atoms with Crippen LogP contribution in [-0.2, 0) is 11.2 Å². The zero-order valence-corrected chi connectivity index (χ0v) is 10.4. The number of halogens is 2. The van der Waals surface area contributed by atoms with Crippen molar-refractivity contribution in [1.29, 1.82) is 0 Å². The molecule has 1 rings (SSSR count). The summed E-state index contributed by atoms with van der Waals surface area (Å²) in [6, 6.07) is 2.96. The van der Waals surface area contributed by atoms with E-state index >= 15 is 0 Å². The van der Waals surface area contributed by atoms with Gasteiger partial charge < -0.3 is 16.3 Å². The maximum atomic E-state index is 12.9. The van der Waals surface area contributed by atoms with Crippen LogP contribution >= 0.6 is 0 Å². The summed E-state index contributed by atoms with van der Waals surface area (Å²) in [5.74, 6) is -2.30. The highest BCUT2D eigenvalue weighted by molar-refractivity contribution is 5.82. The molecule has 7 heteroatoms. The molecule has 0 aliphatic carbocycles. The van der Waals surface area contributed by atoms with E-state index in [1.807, 2.05) is 0 Å². The molecule has 19 heavy (non-hydrogen) atoms. The van der Waals surface area contributed by atoms with E-state index in [0.29, 0.717) is 5.56 Å². The number of carbonyl (C=O) groups excluding carboxylic acids is 1.